The Morgan fingerprint density at radius 2 is 2.05 bits per heavy atom. The van der Waals surface area contributed by atoms with Gasteiger partial charge >= 0.3 is 0 Å². The Kier molecular flexibility index (Phi) is 3.22. The van der Waals surface area contributed by atoms with Crippen LogP contribution in [0.15, 0.2) is 48.8 Å². The van der Waals surface area contributed by atoms with Crippen molar-refractivity contribution in [2.75, 3.05) is 11.4 Å². The van der Waals surface area contributed by atoms with E-state index in [4.69, 9.17) is 5.73 Å². The van der Waals surface area contributed by atoms with Crippen molar-refractivity contribution in [1.82, 2.24) is 4.98 Å². The first-order valence-corrected chi connectivity index (χ1v) is 6.77. The molecule has 3 rings (SSSR count). The van der Waals surface area contributed by atoms with Gasteiger partial charge in [-0.2, -0.15) is 0 Å². The molecule has 1 aliphatic heterocycles. The van der Waals surface area contributed by atoms with Gasteiger partial charge in [-0.3, -0.25) is 4.98 Å². The van der Waals surface area contributed by atoms with E-state index in [-0.39, 0.29) is 12.1 Å². The fourth-order valence-corrected chi connectivity index (χ4v) is 2.97. The third-order valence-electron chi connectivity index (χ3n) is 3.78. The van der Waals surface area contributed by atoms with Crippen LogP contribution in [0.1, 0.15) is 24.1 Å². The summed E-state index contributed by atoms with van der Waals surface area (Å²) in [5.74, 6) is 0. The minimum Gasteiger partial charge on any atom is -0.362 e. The lowest BCUT2D eigenvalue weighted by Gasteiger charge is -2.33. The molecule has 2 atom stereocenters. The summed E-state index contributed by atoms with van der Waals surface area (Å²) in [6, 6.07) is 12.9. The molecule has 0 amide bonds. The van der Waals surface area contributed by atoms with Crippen LogP contribution >= 0.6 is 0 Å². The van der Waals surface area contributed by atoms with E-state index >= 15 is 0 Å². The Labute approximate surface area is 114 Å². The van der Waals surface area contributed by atoms with Gasteiger partial charge in [0.2, 0.25) is 0 Å². The van der Waals surface area contributed by atoms with Crippen LogP contribution in [-0.2, 0) is 6.42 Å². The number of anilines is 1. The number of fused-ring (bicyclic) bond motifs is 1. The molecule has 19 heavy (non-hydrogen) atoms. The number of para-hydroxylation sites is 1. The Balaban J connectivity index is 1.99. The van der Waals surface area contributed by atoms with E-state index in [9.17, 15) is 0 Å². The van der Waals surface area contributed by atoms with E-state index in [1.54, 1.807) is 6.20 Å². The molecule has 1 aromatic heterocycles. The van der Waals surface area contributed by atoms with Gasteiger partial charge in [-0.15, -0.1) is 0 Å². The molecule has 0 radical (unpaired) electrons. The van der Waals surface area contributed by atoms with Crippen molar-refractivity contribution in [1.29, 1.82) is 0 Å². The maximum atomic E-state index is 6.24. The smallest absolute Gasteiger partial charge is 0.0705 e. The summed E-state index contributed by atoms with van der Waals surface area (Å²) < 4.78 is 0. The molecular weight excluding hydrogens is 234 g/mol. The summed E-state index contributed by atoms with van der Waals surface area (Å²) in [5, 5.41) is 0. The highest BCUT2D eigenvalue weighted by molar-refractivity contribution is 5.59. The van der Waals surface area contributed by atoms with Crippen molar-refractivity contribution < 1.29 is 0 Å². The van der Waals surface area contributed by atoms with Gasteiger partial charge in [-0.25, -0.2) is 0 Å². The lowest BCUT2D eigenvalue weighted by atomic mass is 10.0. The number of aromatic nitrogens is 1. The van der Waals surface area contributed by atoms with Crippen LogP contribution in [0.4, 0.5) is 5.69 Å². The average Bonchev–Trinajstić information content (AvgIpc) is 2.84. The first-order chi connectivity index (χ1) is 9.27. The fraction of sp³-hybridized carbons (Fsp3) is 0.312. The van der Waals surface area contributed by atoms with Crippen molar-refractivity contribution in [2.45, 2.75) is 25.4 Å². The van der Waals surface area contributed by atoms with Gasteiger partial charge in [0, 0.05) is 30.7 Å². The van der Waals surface area contributed by atoms with Crippen molar-refractivity contribution in [3.05, 3.63) is 59.9 Å². The van der Waals surface area contributed by atoms with Gasteiger partial charge in [-0.05, 0) is 36.6 Å². The highest BCUT2D eigenvalue weighted by Gasteiger charge is 2.29. The molecule has 0 aliphatic carbocycles. The Morgan fingerprint density at radius 3 is 2.79 bits per heavy atom. The summed E-state index contributed by atoms with van der Waals surface area (Å²) in [6.07, 6.45) is 4.83. The fourth-order valence-electron chi connectivity index (χ4n) is 2.97. The van der Waals surface area contributed by atoms with Gasteiger partial charge in [0.25, 0.3) is 0 Å². The van der Waals surface area contributed by atoms with Gasteiger partial charge in [-0.1, -0.05) is 24.3 Å². The van der Waals surface area contributed by atoms with E-state index in [0.717, 1.165) is 13.0 Å². The third-order valence-corrected chi connectivity index (χ3v) is 3.78. The molecule has 1 aliphatic rings. The van der Waals surface area contributed by atoms with Crippen LogP contribution in [0.5, 0.6) is 0 Å². The van der Waals surface area contributed by atoms with Crippen LogP contribution in [0.2, 0.25) is 0 Å². The van der Waals surface area contributed by atoms with Crippen molar-refractivity contribution in [3.63, 3.8) is 0 Å². The maximum absolute atomic E-state index is 6.24. The molecule has 2 aromatic rings. The first kappa shape index (κ1) is 12.2. The second-order valence-corrected chi connectivity index (χ2v) is 5.16. The highest BCUT2D eigenvalue weighted by atomic mass is 15.2. The molecule has 0 bridgehead atoms. The van der Waals surface area contributed by atoms with Crippen molar-refractivity contribution >= 4 is 5.69 Å². The molecular formula is C16H19N3. The van der Waals surface area contributed by atoms with E-state index in [1.807, 2.05) is 12.3 Å². The quantitative estimate of drug-likeness (QED) is 0.914. The normalized spacial score (nSPS) is 17.1. The van der Waals surface area contributed by atoms with E-state index < -0.39 is 0 Å². The van der Waals surface area contributed by atoms with E-state index in [0.29, 0.717) is 0 Å². The maximum Gasteiger partial charge on any atom is 0.0705 e. The Morgan fingerprint density at radius 1 is 1.21 bits per heavy atom. The number of benzene rings is 1. The standard InChI is InChI=1S/C16H19N3/c1-12(17)16(14-6-4-9-18-11-14)19-10-8-13-5-2-3-7-15(13)19/h2-7,9,11-12,16H,8,10,17H2,1H3. The van der Waals surface area contributed by atoms with Crippen LogP contribution in [-0.4, -0.2) is 17.6 Å². The zero-order chi connectivity index (χ0) is 13.2. The van der Waals surface area contributed by atoms with Gasteiger partial charge in [0.15, 0.2) is 0 Å². The first-order valence-electron chi connectivity index (χ1n) is 6.77. The minimum atomic E-state index is 0.0651. The topological polar surface area (TPSA) is 42.1 Å². The average molecular weight is 253 g/mol. The predicted octanol–water partition coefficient (Wildman–Crippen LogP) is 2.53. The zero-order valence-electron chi connectivity index (χ0n) is 11.2. The molecule has 0 saturated carbocycles. The molecule has 0 spiro atoms. The van der Waals surface area contributed by atoms with Gasteiger partial charge in [0.05, 0.1) is 6.04 Å². The second kappa shape index (κ2) is 5.02. The van der Waals surface area contributed by atoms with Crippen LogP contribution in [0.3, 0.4) is 0 Å². The Hall–Kier alpha value is -1.87. The molecule has 0 saturated heterocycles. The van der Waals surface area contributed by atoms with E-state index in [1.165, 1.54) is 16.8 Å². The van der Waals surface area contributed by atoms with Gasteiger partial charge < -0.3 is 10.6 Å². The predicted molar refractivity (Wildman–Crippen MR) is 78.1 cm³/mol. The lowest BCUT2D eigenvalue weighted by molar-refractivity contribution is 0.540. The third kappa shape index (κ3) is 2.22. The largest absolute Gasteiger partial charge is 0.362 e. The van der Waals surface area contributed by atoms with Crippen LogP contribution in [0, 0.1) is 0 Å². The summed E-state index contributed by atoms with van der Waals surface area (Å²) in [5.41, 5.74) is 10.2. The van der Waals surface area contributed by atoms with Crippen LogP contribution < -0.4 is 10.6 Å². The summed E-state index contributed by atoms with van der Waals surface area (Å²) >= 11 is 0. The molecule has 1 aromatic carbocycles. The van der Waals surface area contributed by atoms with Crippen LogP contribution in [0.25, 0.3) is 0 Å². The van der Waals surface area contributed by atoms with Crippen molar-refractivity contribution in [3.8, 4) is 0 Å². The summed E-state index contributed by atoms with van der Waals surface area (Å²) in [7, 11) is 0. The molecule has 3 heteroatoms. The molecule has 98 valence electrons. The molecule has 2 unspecified atom stereocenters. The number of hydrogen-bond acceptors (Lipinski definition) is 3. The molecule has 0 fully saturated rings. The number of nitrogens with zero attached hydrogens (tertiary/aromatic N) is 2. The monoisotopic (exact) mass is 253 g/mol. The Bertz CT molecular complexity index is 551. The summed E-state index contributed by atoms with van der Waals surface area (Å²) in [4.78, 5) is 6.65. The number of rotatable bonds is 3. The van der Waals surface area contributed by atoms with E-state index in [2.05, 4.69) is 47.1 Å². The number of nitrogens with two attached hydrogens (primary N) is 1. The summed E-state index contributed by atoms with van der Waals surface area (Å²) in [6.45, 7) is 3.10. The highest BCUT2D eigenvalue weighted by Crippen LogP contribution is 2.35. The lowest BCUT2D eigenvalue weighted by Crippen LogP contribution is -2.38. The van der Waals surface area contributed by atoms with Gasteiger partial charge in [0.1, 0.15) is 0 Å². The SMILES string of the molecule is CC(N)C(c1cccnc1)N1CCc2ccccc21. The number of hydrogen-bond donors (Lipinski definition) is 1. The molecule has 2 heterocycles. The second-order valence-electron chi connectivity index (χ2n) is 5.16. The minimum absolute atomic E-state index is 0.0651. The molecule has 3 nitrogen and oxygen atoms in total. The zero-order valence-corrected chi connectivity index (χ0v) is 11.2. The number of pyridine rings is 1. The van der Waals surface area contributed by atoms with Crippen molar-refractivity contribution in [2.24, 2.45) is 5.73 Å². The molecule has 2 N–H and O–H groups in total.